The Morgan fingerprint density at radius 2 is 1.88 bits per heavy atom. The van der Waals surface area contributed by atoms with Crippen LogP contribution in [-0.2, 0) is 16.6 Å². The van der Waals surface area contributed by atoms with Crippen molar-refractivity contribution in [3.05, 3.63) is 60.3 Å². The number of nitrogens with one attached hydrogen (secondary N) is 1. The molecule has 132 valence electrons. The van der Waals surface area contributed by atoms with Gasteiger partial charge in [0.05, 0.1) is 0 Å². The van der Waals surface area contributed by atoms with E-state index in [9.17, 15) is 8.42 Å². The van der Waals surface area contributed by atoms with Crippen molar-refractivity contribution in [1.82, 2.24) is 9.29 Å². The Kier molecular flexibility index (Phi) is 4.83. The van der Waals surface area contributed by atoms with Gasteiger partial charge >= 0.3 is 0 Å². The van der Waals surface area contributed by atoms with Crippen LogP contribution in [0.3, 0.4) is 0 Å². The summed E-state index contributed by atoms with van der Waals surface area (Å²) in [6, 6.07) is 14.8. The van der Waals surface area contributed by atoms with E-state index in [0.717, 1.165) is 17.5 Å². The Hall–Kier alpha value is -2.31. The predicted octanol–water partition coefficient (Wildman–Crippen LogP) is 3.74. The third kappa shape index (κ3) is 3.41. The minimum absolute atomic E-state index is 0.107. The monoisotopic (exact) mass is 357 g/mol. The summed E-state index contributed by atoms with van der Waals surface area (Å²) in [5, 5.41) is 0.663. The summed E-state index contributed by atoms with van der Waals surface area (Å²) < 4.78 is 28.3. The molecule has 3 aromatic rings. The summed E-state index contributed by atoms with van der Waals surface area (Å²) in [6.07, 6.45) is 2.29. The normalized spacial score (nSPS) is 13.4. The number of hydrogen-bond acceptors (Lipinski definition) is 3. The van der Waals surface area contributed by atoms with Crippen LogP contribution < -0.4 is 5.73 Å². The summed E-state index contributed by atoms with van der Waals surface area (Å²) in [4.78, 5) is 3.32. The molecule has 0 saturated heterocycles. The van der Waals surface area contributed by atoms with Gasteiger partial charge in [-0.1, -0.05) is 37.3 Å². The molecule has 3 N–H and O–H groups in total. The summed E-state index contributed by atoms with van der Waals surface area (Å²) in [5.74, 6) is 0. The smallest absolute Gasteiger partial charge is 0.245 e. The lowest BCUT2D eigenvalue weighted by Crippen LogP contribution is -2.37. The number of aromatic amines is 1. The molecule has 0 fully saturated rings. The van der Waals surface area contributed by atoms with Crippen LogP contribution in [0.25, 0.3) is 10.9 Å². The molecule has 0 spiro atoms. The minimum atomic E-state index is -3.65. The van der Waals surface area contributed by atoms with Gasteiger partial charge in [0.25, 0.3) is 0 Å². The molecule has 6 heteroatoms. The Labute approximate surface area is 148 Å². The molecule has 2 aromatic carbocycles. The van der Waals surface area contributed by atoms with Crippen LogP contribution in [0.15, 0.2) is 59.6 Å². The van der Waals surface area contributed by atoms with Crippen LogP contribution in [0.4, 0.5) is 5.69 Å². The number of rotatable bonds is 6. The fraction of sp³-hybridized carbons (Fsp3) is 0.263. The fourth-order valence-electron chi connectivity index (χ4n) is 2.90. The molecule has 0 radical (unpaired) electrons. The standard InChI is InChI=1S/C19H23N3O2S/c1-3-14(2)22(13-15-7-5-4-6-8-15)25(23,24)19-12-21-18-11-16(20)9-10-17(18)19/h4-12,14,21H,3,13,20H2,1-2H3. The molecule has 0 amide bonds. The predicted molar refractivity (Wildman–Crippen MR) is 102 cm³/mol. The van der Waals surface area contributed by atoms with E-state index in [0.29, 0.717) is 22.5 Å². The minimum Gasteiger partial charge on any atom is -0.399 e. The third-order valence-electron chi connectivity index (χ3n) is 4.52. The van der Waals surface area contributed by atoms with Gasteiger partial charge in [-0.3, -0.25) is 0 Å². The molecule has 1 unspecified atom stereocenters. The second-order valence-corrected chi connectivity index (χ2v) is 8.11. The SMILES string of the molecule is CCC(C)N(Cc1ccccc1)S(=O)(=O)c1c[nH]c2cc(N)ccc12. The van der Waals surface area contributed by atoms with Crippen molar-refractivity contribution in [3.63, 3.8) is 0 Å². The zero-order valence-corrected chi connectivity index (χ0v) is 15.3. The largest absolute Gasteiger partial charge is 0.399 e. The van der Waals surface area contributed by atoms with Crippen LogP contribution in [-0.4, -0.2) is 23.7 Å². The van der Waals surface area contributed by atoms with E-state index >= 15 is 0 Å². The van der Waals surface area contributed by atoms with Gasteiger partial charge in [0, 0.05) is 35.4 Å². The van der Waals surface area contributed by atoms with Gasteiger partial charge in [-0.2, -0.15) is 4.31 Å². The molecule has 25 heavy (non-hydrogen) atoms. The van der Waals surface area contributed by atoms with Crippen molar-refractivity contribution >= 4 is 26.6 Å². The Balaban J connectivity index is 2.06. The van der Waals surface area contributed by atoms with Gasteiger partial charge in [0.1, 0.15) is 4.90 Å². The highest BCUT2D eigenvalue weighted by molar-refractivity contribution is 7.89. The van der Waals surface area contributed by atoms with Crippen LogP contribution in [0.1, 0.15) is 25.8 Å². The molecule has 0 saturated carbocycles. The quantitative estimate of drug-likeness (QED) is 0.660. The molecule has 1 heterocycles. The summed E-state index contributed by atoms with van der Waals surface area (Å²) in [7, 11) is -3.65. The number of benzene rings is 2. The first kappa shape index (κ1) is 17.5. The van der Waals surface area contributed by atoms with Crippen LogP contribution in [0, 0.1) is 0 Å². The fourth-order valence-corrected chi connectivity index (χ4v) is 4.76. The highest BCUT2D eigenvalue weighted by Crippen LogP contribution is 2.29. The molecular formula is C19H23N3O2S. The molecule has 1 atom stereocenters. The van der Waals surface area contributed by atoms with Gasteiger partial charge in [-0.05, 0) is 37.1 Å². The van der Waals surface area contributed by atoms with Crippen molar-refractivity contribution < 1.29 is 8.42 Å². The lowest BCUT2D eigenvalue weighted by molar-refractivity contribution is 0.323. The first-order valence-corrected chi connectivity index (χ1v) is 9.80. The molecule has 0 aliphatic heterocycles. The van der Waals surface area contributed by atoms with Crippen LogP contribution in [0.2, 0.25) is 0 Å². The van der Waals surface area contributed by atoms with E-state index in [1.54, 1.807) is 28.7 Å². The summed E-state index contributed by atoms with van der Waals surface area (Å²) in [6.45, 7) is 4.28. The van der Waals surface area contributed by atoms with E-state index in [1.807, 2.05) is 44.2 Å². The van der Waals surface area contributed by atoms with Gasteiger partial charge in [0.15, 0.2) is 0 Å². The Morgan fingerprint density at radius 1 is 1.16 bits per heavy atom. The van der Waals surface area contributed by atoms with Gasteiger partial charge < -0.3 is 10.7 Å². The lowest BCUT2D eigenvalue weighted by Gasteiger charge is -2.27. The number of nitrogen functional groups attached to an aromatic ring is 1. The van der Waals surface area contributed by atoms with E-state index in [-0.39, 0.29) is 6.04 Å². The van der Waals surface area contributed by atoms with Crippen molar-refractivity contribution in [2.75, 3.05) is 5.73 Å². The van der Waals surface area contributed by atoms with Gasteiger partial charge in [-0.15, -0.1) is 0 Å². The van der Waals surface area contributed by atoms with Crippen molar-refractivity contribution in [2.24, 2.45) is 0 Å². The first-order valence-electron chi connectivity index (χ1n) is 8.36. The number of fused-ring (bicyclic) bond motifs is 1. The number of nitrogens with two attached hydrogens (primary N) is 1. The number of H-pyrrole nitrogens is 1. The molecule has 5 nitrogen and oxygen atoms in total. The second kappa shape index (κ2) is 6.90. The topological polar surface area (TPSA) is 79.2 Å². The first-order chi connectivity index (χ1) is 11.9. The van der Waals surface area contributed by atoms with Crippen LogP contribution in [0.5, 0.6) is 0 Å². The maximum absolute atomic E-state index is 13.4. The molecule has 0 aliphatic rings. The van der Waals surface area contributed by atoms with E-state index in [2.05, 4.69) is 4.98 Å². The molecular weight excluding hydrogens is 334 g/mol. The zero-order chi connectivity index (χ0) is 18.0. The van der Waals surface area contributed by atoms with Crippen molar-refractivity contribution in [2.45, 2.75) is 37.8 Å². The van der Waals surface area contributed by atoms with Crippen molar-refractivity contribution in [3.8, 4) is 0 Å². The average Bonchev–Trinajstić information content (AvgIpc) is 3.03. The number of anilines is 1. The van der Waals surface area contributed by atoms with E-state index in [1.165, 1.54) is 0 Å². The maximum atomic E-state index is 13.4. The summed E-state index contributed by atoms with van der Waals surface area (Å²) >= 11 is 0. The van der Waals surface area contributed by atoms with E-state index in [4.69, 9.17) is 5.73 Å². The van der Waals surface area contributed by atoms with Gasteiger partial charge in [0.2, 0.25) is 10.0 Å². The Bertz CT molecular complexity index is 965. The average molecular weight is 357 g/mol. The molecule has 3 rings (SSSR count). The van der Waals surface area contributed by atoms with Crippen molar-refractivity contribution in [1.29, 1.82) is 0 Å². The zero-order valence-electron chi connectivity index (χ0n) is 14.4. The van der Waals surface area contributed by atoms with Crippen LogP contribution >= 0.6 is 0 Å². The molecule has 1 aromatic heterocycles. The second-order valence-electron chi connectivity index (χ2n) is 6.25. The number of nitrogens with zero attached hydrogens (tertiary/aromatic N) is 1. The van der Waals surface area contributed by atoms with Gasteiger partial charge in [-0.25, -0.2) is 8.42 Å². The maximum Gasteiger partial charge on any atom is 0.245 e. The number of aromatic nitrogens is 1. The number of hydrogen-bond donors (Lipinski definition) is 2. The molecule has 0 aliphatic carbocycles. The Morgan fingerprint density at radius 3 is 2.56 bits per heavy atom. The summed E-state index contributed by atoms with van der Waals surface area (Å²) in [5.41, 5.74) is 8.08. The highest BCUT2D eigenvalue weighted by atomic mass is 32.2. The lowest BCUT2D eigenvalue weighted by atomic mass is 10.2. The molecule has 0 bridgehead atoms. The third-order valence-corrected chi connectivity index (χ3v) is 6.52. The number of sulfonamides is 1. The highest BCUT2D eigenvalue weighted by Gasteiger charge is 2.30. The van der Waals surface area contributed by atoms with E-state index < -0.39 is 10.0 Å².